The Balaban J connectivity index is -0.0000000429. The number of carboxylic acids is 1. The Bertz CT molecular complexity index is 696. The molecule has 1 aromatic rings. The number of para-hydroxylation sites is 1. The molecule has 0 heterocycles. The molecule has 0 spiro atoms. The van der Waals surface area contributed by atoms with E-state index in [1.165, 1.54) is 7.11 Å². The van der Waals surface area contributed by atoms with E-state index in [2.05, 4.69) is 4.74 Å². The quantitative estimate of drug-likeness (QED) is 0.223. The number of methoxy groups -OCH3 is 1. The van der Waals surface area contributed by atoms with Crippen LogP contribution in [0.2, 0.25) is 0 Å². The molecule has 0 aromatic heterocycles. The molecule has 1 N–H and O–H groups in total. The molecular formula is C34H76O7. The SMILES string of the molecule is C.C.C.C.C.C.C.C.C.CC1(C(=O)OCCOc2ccccc2)CC1.CCC(C)(C)C(=O)OC.CCC(C)C(=O)O. The van der Waals surface area contributed by atoms with Crippen molar-refractivity contribution in [1.29, 1.82) is 0 Å². The number of esters is 2. The van der Waals surface area contributed by atoms with Crippen LogP contribution in [0, 0.1) is 16.7 Å². The summed E-state index contributed by atoms with van der Waals surface area (Å²) in [7, 11) is 1.42. The highest BCUT2D eigenvalue weighted by Gasteiger charge is 2.46. The van der Waals surface area contributed by atoms with Crippen LogP contribution in [0.25, 0.3) is 0 Å². The number of carboxylic acid groups (broad SMARTS) is 1. The lowest BCUT2D eigenvalue weighted by Gasteiger charge is -2.17. The molecule has 1 unspecified atom stereocenters. The summed E-state index contributed by atoms with van der Waals surface area (Å²) in [5.74, 6) is -0.312. The normalized spacial score (nSPS) is 11.2. The molecule has 0 aliphatic heterocycles. The minimum absolute atomic E-state index is 0. The van der Waals surface area contributed by atoms with Crippen molar-refractivity contribution in [2.24, 2.45) is 16.7 Å². The predicted octanol–water partition coefficient (Wildman–Crippen LogP) is 10.8. The largest absolute Gasteiger partial charge is 0.490 e. The summed E-state index contributed by atoms with van der Waals surface area (Å²) in [4.78, 5) is 32.2. The Hall–Kier alpha value is -2.57. The zero-order valence-electron chi connectivity index (χ0n) is 20.6. The molecule has 1 fully saturated rings. The fourth-order valence-corrected chi connectivity index (χ4v) is 1.97. The van der Waals surface area contributed by atoms with Gasteiger partial charge in [-0.15, -0.1) is 0 Å². The van der Waals surface area contributed by atoms with E-state index in [1.807, 2.05) is 65.0 Å². The third-order valence-electron chi connectivity index (χ3n) is 5.48. The second-order valence-corrected chi connectivity index (χ2v) is 8.73. The maximum atomic E-state index is 11.5. The molecule has 1 aliphatic carbocycles. The predicted molar refractivity (Wildman–Crippen MR) is 184 cm³/mol. The molecular weight excluding hydrogens is 520 g/mol. The third kappa shape index (κ3) is 28.7. The second-order valence-electron chi connectivity index (χ2n) is 8.73. The number of aliphatic carboxylic acids is 1. The molecule has 1 aliphatic rings. The molecule has 0 saturated heterocycles. The molecule has 0 bridgehead atoms. The zero-order valence-corrected chi connectivity index (χ0v) is 20.6. The van der Waals surface area contributed by atoms with Gasteiger partial charge >= 0.3 is 17.9 Å². The topological polar surface area (TPSA) is 99.1 Å². The zero-order chi connectivity index (χ0) is 24.8. The van der Waals surface area contributed by atoms with Crippen molar-refractivity contribution in [3.05, 3.63) is 30.3 Å². The minimum Gasteiger partial charge on any atom is -0.490 e. The Morgan fingerprint density at radius 1 is 0.878 bits per heavy atom. The number of hydrogen-bond acceptors (Lipinski definition) is 6. The van der Waals surface area contributed by atoms with Crippen LogP contribution >= 0.6 is 0 Å². The summed E-state index contributed by atoms with van der Waals surface area (Å²) < 4.78 is 15.1. The van der Waals surface area contributed by atoms with Crippen molar-refractivity contribution in [2.45, 2.75) is 134 Å². The molecule has 0 radical (unpaired) electrons. The number of carbonyl (C=O) groups excluding carboxylic acids is 2. The molecule has 2 rings (SSSR count). The van der Waals surface area contributed by atoms with E-state index < -0.39 is 5.97 Å². The molecule has 7 nitrogen and oxygen atoms in total. The first-order chi connectivity index (χ1) is 14.9. The molecule has 1 aromatic carbocycles. The van der Waals surface area contributed by atoms with Gasteiger partial charge in [-0.25, -0.2) is 0 Å². The molecule has 1 saturated carbocycles. The van der Waals surface area contributed by atoms with Crippen LogP contribution < -0.4 is 4.74 Å². The van der Waals surface area contributed by atoms with Gasteiger partial charge in [0.25, 0.3) is 0 Å². The van der Waals surface area contributed by atoms with Gasteiger partial charge in [0.05, 0.1) is 23.9 Å². The van der Waals surface area contributed by atoms with E-state index in [0.29, 0.717) is 13.2 Å². The fraction of sp³-hybridized carbons (Fsp3) is 0.735. The highest BCUT2D eigenvalue weighted by Crippen LogP contribution is 2.45. The van der Waals surface area contributed by atoms with Crippen molar-refractivity contribution in [3.63, 3.8) is 0 Å². The van der Waals surface area contributed by atoms with Crippen molar-refractivity contribution in [2.75, 3.05) is 20.3 Å². The average molecular weight is 597 g/mol. The number of benzene rings is 1. The number of ether oxygens (including phenoxy) is 3. The summed E-state index contributed by atoms with van der Waals surface area (Å²) in [6.45, 7) is 11.9. The Morgan fingerprint density at radius 2 is 1.32 bits per heavy atom. The summed E-state index contributed by atoms with van der Waals surface area (Å²) in [6, 6.07) is 9.51. The van der Waals surface area contributed by atoms with Crippen LogP contribution in [0.1, 0.15) is 134 Å². The summed E-state index contributed by atoms with van der Waals surface area (Å²) >= 11 is 0. The lowest BCUT2D eigenvalue weighted by Crippen LogP contribution is -2.24. The smallest absolute Gasteiger partial charge is 0.311 e. The van der Waals surface area contributed by atoms with E-state index in [-0.39, 0.29) is 95.5 Å². The van der Waals surface area contributed by atoms with Gasteiger partial charge < -0.3 is 19.3 Å². The number of carbonyl (C=O) groups is 3. The average Bonchev–Trinajstić information content (AvgIpc) is 3.55. The van der Waals surface area contributed by atoms with Crippen LogP contribution in [0.15, 0.2) is 30.3 Å². The van der Waals surface area contributed by atoms with Crippen LogP contribution in [0.3, 0.4) is 0 Å². The summed E-state index contributed by atoms with van der Waals surface area (Å²) in [6.07, 6.45) is 3.44. The Morgan fingerprint density at radius 3 is 1.59 bits per heavy atom. The van der Waals surface area contributed by atoms with Crippen molar-refractivity contribution in [3.8, 4) is 5.75 Å². The van der Waals surface area contributed by atoms with E-state index in [4.69, 9.17) is 14.6 Å². The first kappa shape index (κ1) is 66.6. The highest BCUT2D eigenvalue weighted by molar-refractivity contribution is 5.79. The first-order valence-corrected chi connectivity index (χ1v) is 11.1. The lowest BCUT2D eigenvalue weighted by atomic mass is 9.91. The third-order valence-corrected chi connectivity index (χ3v) is 5.48. The first-order valence-electron chi connectivity index (χ1n) is 11.1. The van der Waals surface area contributed by atoms with E-state index in [9.17, 15) is 14.4 Å². The van der Waals surface area contributed by atoms with Gasteiger partial charge in [0.15, 0.2) is 0 Å². The Kier molecular flexibility index (Phi) is 54.6. The standard InChI is InChI=1S/C13H16O3.C7H14O2.C5H10O2.9CH4/c1-13(7-8-13)12(14)16-10-9-15-11-5-3-2-4-6-11;1-5-7(2,3)6(8)9-4;1-3-4(2)5(6)7;;;;;;;;;/h2-6H,7-10H2,1H3;5H2,1-4H3;4H,3H2,1-2H3,(H,6,7);9*1H4. The van der Waals surface area contributed by atoms with Crippen molar-refractivity contribution < 1.29 is 33.7 Å². The molecule has 254 valence electrons. The molecule has 7 heteroatoms. The highest BCUT2D eigenvalue weighted by atomic mass is 16.6. The number of hydrogen-bond donors (Lipinski definition) is 1. The Labute approximate surface area is 258 Å². The number of rotatable bonds is 9. The van der Waals surface area contributed by atoms with Gasteiger partial charge in [-0.1, -0.05) is 106 Å². The fourth-order valence-electron chi connectivity index (χ4n) is 1.97. The minimum atomic E-state index is -0.706. The van der Waals surface area contributed by atoms with E-state index >= 15 is 0 Å². The van der Waals surface area contributed by atoms with E-state index in [0.717, 1.165) is 31.4 Å². The van der Waals surface area contributed by atoms with Crippen molar-refractivity contribution in [1.82, 2.24) is 0 Å². The summed E-state index contributed by atoms with van der Waals surface area (Å²) in [5, 5.41) is 8.18. The van der Waals surface area contributed by atoms with Crippen molar-refractivity contribution >= 4 is 17.9 Å². The molecule has 41 heavy (non-hydrogen) atoms. The van der Waals surface area contributed by atoms with Gasteiger partial charge in [0, 0.05) is 0 Å². The maximum absolute atomic E-state index is 11.5. The van der Waals surface area contributed by atoms with Gasteiger partial charge in [0.2, 0.25) is 0 Å². The second kappa shape index (κ2) is 33.6. The molecule has 0 amide bonds. The van der Waals surface area contributed by atoms with Crippen LogP contribution in [0.4, 0.5) is 0 Å². The molecule has 1 atom stereocenters. The van der Waals surface area contributed by atoms with Crippen LogP contribution in [0.5, 0.6) is 5.75 Å². The monoisotopic (exact) mass is 597 g/mol. The van der Waals surface area contributed by atoms with Gasteiger partial charge in [-0.3, -0.25) is 14.4 Å². The van der Waals surface area contributed by atoms with Gasteiger partial charge in [-0.2, -0.15) is 0 Å². The summed E-state index contributed by atoms with van der Waals surface area (Å²) in [5.41, 5.74) is -0.512. The van der Waals surface area contributed by atoms with E-state index in [1.54, 1.807) is 6.92 Å². The van der Waals surface area contributed by atoms with Crippen LogP contribution in [-0.2, 0) is 23.9 Å². The maximum Gasteiger partial charge on any atom is 0.311 e. The van der Waals surface area contributed by atoms with Gasteiger partial charge in [0.1, 0.15) is 19.0 Å². The van der Waals surface area contributed by atoms with Crippen LogP contribution in [-0.4, -0.2) is 43.3 Å². The van der Waals surface area contributed by atoms with Gasteiger partial charge in [-0.05, 0) is 58.6 Å². The lowest BCUT2D eigenvalue weighted by molar-refractivity contribution is -0.151.